The number of carbonyl (C=O) groups excluding carboxylic acids is 2. The van der Waals surface area contributed by atoms with Crippen LogP contribution < -0.4 is 11.5 Å². The van der Waals surface area contributed by atoms with Crippen molar-refractivity contribution < 1.29 is 38.9 Å². The monoisotopic (exact) mass is 334 g/mol. The van der Waals surface area contributed by atoms with Crippen LogP contribution in [0.3, 0.4) is 0 Å². The molecule has 0 aromatic carbocycles. The molecule has 132 valence electrons. The number of carboxylic acid groups (broad SMARTS) is 2. The summed E-state index contributed by atoms with van der Waals surface area (Å²) in [4.78, 5) is 43.4. The zero-order chi connectivity index (χ0) is 17.8. The molecule has 0 rings (SSSR count). The number of rotatable bonds is 12. The lowest BCUT2D eigenvalue weighted by atomic mass is 10.2. The zero-order valence-corrected chi connectivity index (χ0v) is 12.6. The lowest BCUT2D eigenvalue weighted by Gasteiger charge is -2.08. The highest BCUT2D eigenvalue weighted by Gasteiger charge is 2.15. The molecule has 0 aromatic rings. The van der Waals surface area contributed by atoms with Crippen LogP contribution in [0.4, 0.5) is 0 Å². The zero-order valence-electron chi connectivity index (χ0n) is 12.6. The van der Waals surface area contributed by atoms with E-state index in [2.05, 4.69) is 0 Å². The standard InChI is InChI=1S/C13H22N2O8/c14-8(12(18)19)2-4-10(16)22-6-1-7-23-11(17)5-3-9(15)13(20)21/h8-9H,1-7,14-15H2,(H,18,19)(H,20,21)/t8-,9-/m0/s1. The van der Waals surface area contributed by atoms with Crippen molar-refractivity contribution in [2.24, 2.45) is 11.5 Å². The second-order valence-electron chi connectivity index (χ2n) is 4.76. The van der Waals surface area contributed by atoms with Gasteiger partial charge in [-0.1, -0.05) is 0 Å². The van der Waals surface area contributed by atoms with Crippen molar-refractivity contribution in [1.82, 2.24) is 0 Å². The molecule has 0 aromatic heterocycles. The minimum Gasteiger partial charge on any atom is -0.480 e. The number of esters is 2. The van der Waals surface area contributed by atoms with Crippen LogP contribution in [-0.4, -0.2) is 59.4 Å². The molecular weight excluding hydrogens is 312 g/mol. The first kappa shape index (κ1) is 20.8. The first-order chi connectivity index (χ1) is 10.7. The Bertz CT molecular complexity index is 388. The van der Waals surface area contributed by atoms with Gasteiger partial charge in [-0.25, -0.2) is 0 Å². The summed E-state index contributed by atoms with van der Waals surface area (Å²) in [5.41, 5.74) is 10.5. The minimum absolute atomic E-state index is 0.0169. The first-order valence-corrected chi connectivity index (χ1v) is 7.02. The molecule has 0 radical (unpaired) electrons. The van der Waals surface area contributed by atoms with Gasteiger partial charge < -0.3 is 31.2 Å². The summed E-state index contributed by atoms with van der Waals surface area (Å²) in [6, 6.07) is -2.22. The van der Waals surface area contributed by atoms with Gasteiger partial charge in [0.2, 0.25) is 0 Å². The van der Waals surface area contributed by atoms with Gasteiger partial charge in [0.15, 0.2) is 0 Å². The molecule has 0 fully saturated rings. The highest BCUT2D eigenvalue weighted by atomic mass is 16.5. The molecule has 0 aliphatic heterocycles. The lowest BCUT2D eigenvalue weighted by Crippen LogP contribution is -2.30. The Morgan fingerprint density at radius 2 is 1.13 bits per heavy atom. The molecular formula is C13H22N2O8. The third-order valence-electron chi connectivity index (χ3n) is 2.77. The molecule has 0 bridgehead atoms. The van der Waals surface area contributed by atoms with E-state index in [1.807, 2.05) is 0 Å². The summed E-state index contributed by atoms with van der Waals surface area (Å²) in [6.45, 7) is 0.0339. The Morgan fingerprint density at radius 3 is 1.43 bits per heavy atom. The SMILES string of the molecule is N[C@@H](CCC(=O)OCCCOC(=O)CC[C@H](N)C(=O)O)C(=O)O. The number of ether oxygens (including phenoxy) is 2. The van der Waals surface area contributed by atoms with Gasteiger partial charge in [-0.05, 0) is 12.8 Å². The highest BCUT2D eigenvalue weighted by molar-refractivity contribution is 5.75. The Kier molecular flexibility index (Phi) is 10.3. The molecule has 6 N–H and O–H groups in total. The molecule has 23 heavy (non-hydrogen) atoms. The summed E-state index contributed by atoms with van der Waals surface area (Å²) >= 11 is 0. The van der Waals surface area contributed by atoms with E-state index in [9.17, 15) is 19.2 Å². The van der Waals surface area contributed by atoms with E-state index in [0.717, 1.165) is 0 Å². The van der Waals surface area contributed by atoms with Gasteiger partial charge in [0.1, 0.15) is 12.1 Å². The van der Waals surface area contributed by atoms with E-state index >= 15 is 0 Å². The van der Waals surface area contributed by atoms with Crippen LogP contribution in [0.1, 0.15) is 32.1 Å². The molecule has 10 heteroatoms. The molecule has 10 nitrogen and oxygen atoms in total. The molecule has 2 atom stereocenters. The van der Waals surface area contributed by atoms with Gasteiger partial charge in [-0.3, -0.25) is 19.2 Å². The predicted molar refractivity (Wildman–Crippen MR) is 76.2 cm³/mol. The van der Waals surface area contributed by atoms with Crippen molar-refractivity contribution in [3.8, 4) is 0 Å². The second-order valence-corrected chi connectivity index (χ2v) is 4.76. The van der Waals surface area contributed by atoms with E-state index in [-0.39, 0.29) is 45.3 Å². The Hall–Kier alpha value is -2.20. The number of hydrogen-bond donors (Lipinski definition) is 4. The maximum Gasteiger partial charge on any atom is 0.320 e. The van der Waals surface area contributed by atoms with Crippen LogP contribution >= 0.6 is 0 Å². The van der Waals surface area contributed by atoms with E-state index < -0.39 is 36.0 Å². The number of carbonyl (C=O) groups is 4. The van der Waals surface area contributed by atoms with Gasteiger partial charge in [0.25, 0.3) is 0 Å². The molecule has 0 saturated heterocycles. The molecule has 0 saturated carbocycles. The van der Waals surface area contributed by atoms with Crippen LogP contribution in [0.2, 0.25) is 0 Å². The average molecular weight is 334 g/mol. The van der Waals surface area contributed by atoms with E-state index in [4.69, 9.17) is 31.2 Å². The Morgan fingerprint density at radius 1 is 0.783 bits per heavy atom. The molecule has 0 spiro atoms. The van der Waals surface area contributed by atoms with Crippen molar-refractivity contribution in [2.75, 3.05) is 13.2 Å². The predicted octanol–water partition coefficient (Wildman–Crippen LogP) is -1.15. The van der Waals surface area contributed by atoms with Crippen molar-refractivity contribution in [3.05, 3.63) is 0 Å². The normalized spacial score (nSPS) is 13.0. The summed E-state index contributed by atoms with van der Waals surface area (Å²) < 4.78 is 9.61. The summed E-state index contributed by atoms with van der Waals surface area (Å²) in [5.74, 6) is -3.54. The second kappa shape index (κ2) is 11.4. The molecule has 0 aliphatic carbocycles. The van der Waals surface area contributed by atoms with Gasteiger partial charge >= 0.3 is 23.9 Å². The Labute approximate surface area is 132 Å². The van der Waals surface area contributed by atoms with Crippen molar-refractivity contribution >= 4 is 23.9 Å². The summed E-state index contributed by atoms with van der Waals surface area (Å²) in [5, 5.41) is 17.1. The number of nitrogens with two attached hydrogens (primary N) is 2. The van der Waals surface area contributed by atoms with Crippen LogP contribution in [0.15, 0.2) is 0 Å². The van der Waals surface area contributed by atoms with Crippen molar-refractivity contribution in [2.45, 2.75) is 44.2 Å². The fourth-order valence-corrected chi connectivity index (χ4v) is 1.37. The highest BCUT2D eigenvalue weighted by Crippen LogP contribution is 2.00. The van der Waals surface area contributed by atoms with E-state index in [1.54, 1.807) is 0 Å². The van der Waals surface area contributed by atoms with Crippen LogP contribution in [0.5, 0.6) is 0 Å². The summed E-state index contributed by atoms with van der Waals surface area (Å²) in [7, 11) is 0. The summed E-state index contributed by atoms with van der Waals surface area (Å²) in [6.07, 6.45) is 0.00802. The first-order valence-electron chi connectivity index (χ1n) is 7.02. The van der Waals surface area contributed by atoms with E-state index in [1.165, 1.54) is 0 Å². The maximum atomic E-state index is 11.3. The largest absolute Gasteiger partial charge is 0.480 e. The van der Waals surface area contributed by atoms with Crippen LogP contribution in [0, 0.1) is 0 Å². The van der Waals surface area contributed by atoms with Gasteiger partial charge in [-0.2, -0.15) is 0 Å². The van der Waals surface area contributed by atoms with Crippen molar-refractivity contribution in [1.29, 1.82) is 0 Å². The van der Waals surface area contributed by atoms with Crippen molar-refractivity contribution in [3.63, 3.8) is 0 Å². The average Bonchev–Trinajstić information content (AvgIpc) is 2.49. The van der Waals surface area contributed by atoms with Gasteiger partial charge in [-0.15, -0.1) is 0 Å². The third kappa shape index (κ3) is 11.1. The number of hydrogen-bond acceptors (Lipinski definition) is 8. The molecule has 0 unspecified atom stereocenters. The fourth-order valence-electron chi connectivity index (χ4n) is 1.37. The number of carboxylic acids is 2. The molecule has 0 heterocycles. The quantitative estimate of drug-likeness (QED) is 0.251. The topological polar surface area (TPSA) is 179 Å². The molecule has 0 aliphatic rings. The third-order valence-corrected chi connectivity index (χ3v) is 2.77. The number of aliphatic carboxylic acids is 2. The van der Waals surface area contributed by atoms with Crippen LogP contribution in [-0.2, 0) is 28.7 Å². The lowest BCUT2D eigenvalue weighted by molar-refractivity contribution is -0.146. The fraction of sp³-hybridized carbons (Fsp3) is 0.692. The van der Waals surface area contributed by atoms with Crippen LogP contribution in [0.25, 0.3) is 0 Å². The van der Waals surface area contributed by atoms with Gasteiger partial charge in [0, 0.05) is 19.3 Å². The Balaban J connectivity index is 3.61. The van der Waals surface area contributed by atoms with E-state index in [0.29, 0.717) is 0 Å². The van der Waals surface area contributed by atoms with Gasteiger partial charge in [0.05, 0.1) is 13.2 Å². The maximum absolute atomic E-state index is 11.3. The minimum atomic E-state index is -1.19. The molecule has 0 amide bonds. The smallest absolute Gasteiger partial charge is 0.320 e.